The van der Waals surface area contributed by atoms with Gasteiger partial charge in [-0.25, -0.2) is 4.79 Å². The maximum atomic E-state index is 11.7. The fourth-order valence-electron chi connectivity index (χ4n) is 1.42. The summed E-state index contributed by atoms with van der Waals surface area (Å²) in [7, 11) is 0. The minimum Gasteiger partial charge on any atom is -0.507 e. The van der Waals surface area contributed by atoms with E-state index in [2.05, 4.69) is 10.1 Å². The van der Waals surface area contributed by atoms with E-state index < -0.39 is 5.97 Å². The second-order valence-corrected chi connectivity index (χ2v) is 3.83. The molecule has 0 aliphatic rings. The number of nitrogens with zero attached hydrogens (tertiary/aromatic N) is 2. The van der Waals surface area contributed by atoms with Crippen molar-refractivity contribution in [2.24, 2.45) is 0 Å². The smallest absolute Gasteiger partial charge is 0.342 e. The van der Waals surface area contributed by atoms with Crippen LogP contribution in [-0.4, -0.2) is 21.2 Å². The monoisotopic (exact) mass is 248 g/mol. The lowest BCUT2D eigenvalue weighted by atomic mass is 10.1. The van der Waals surface area contributed by atoms with Crippen LogP contribution in [0.2, 0.25) is 0 Å². The molecule has 0 amide bonds. The number of hydrogen-bond acceptors (Lipinski definition) is 6. The van der Waals surface area contributed by atoms with Crippen LogP contribution in [0.4, 0.5) is 0 Å². The molecule has 1 aromatic heterocycles. The van der Waals surface area contributed by atoms with Crippen molar-refractivity contribution in [2.45, 2.75) is 20.5 Å². The average molecular weight is 248 g/mol. The van der Waals surface area contributed by atoms with Crippen LogP contribution >= 0.6 is 0 Å². The molecule has 18 heavy (non-hydrogen) atoms. The summed E-state index contributed by atoms with van der Waals surface area (Å²) >= 11 is 0. The van der Waals surface area contributed by atoms with Crippen molar-refractivity contribution in [3.05, 3.63) is 41.0 Å². The van der Waals surface area contributed by atoms with Crippen molar-refractivity contribution in [1.82, 2.24) is 10.1 Å². The first-order valence-electron chi connectivity index (χ1n) is 5.32. The Hall–Kier alpha value is -2.37. The van der Waals surface area contributed by atoms with Crippen molar-refractivity contribution in [1.29, 1.82) is 0 Å². The van der Waals surface area contributed by atoms with Crippen LogP contribution in [0.3, 0.4) is 0 Å². The third-order valence-corrected chi connectivity index (χ3v) is 2.27. The summed E-state index contributed by atoms with van der Waals surface area (Å²) in [6, 6.07) is 4.70. The van der Waals surface area contributed by atoms with Crippen molar-refractivity contribution in [3.63, 3.8) is 0 Å². The number of aromatic hydroxyl groups is 1. The molecule has 94 valence electrons. The van der Waals surface area contributed by atoms with Crippen LogP contribution < -0.4 is 0 Å². The first-order chi connectivity index (χ1) is 8.56. The van der Waals surface area contributed by atoms with Crippen molar-refractivity contribution < 1.29 is 19.2 Å². The molecular weight excluding hydrogens is 236 g/mol. The third-order valence-electron chi connectivity index (χ3n) is 2.27. The second-order valence-electron chi connectivity index (χ2n) is 3.83. The van der Waals surface area contributed by atoms with Crippen LogP contribution in [0.25, 0.3) is 0 Å². The lowest BCUT2D eigenvalue weighted by molar-refractivity contribution is 0.0426. The molecule has 1 aromatic carbocycles. The SMILES string of the molecule is Cc1ccc(O)c(C(=O)OCc2nc(C)no2)c1. The normalized spacial score (nSPS) is 10.3. The highest BCUT2D eigenvalue weighted by Gasteiger charge is 2.14. The van der Waals surface area contributed by atoms with Crippen molar-refractivity contribution in [2.75, 3.05) is 0 Å². The molecule has 2 rings (SSSR count). The molecular formula is C12H12N2O4. The summed E-state index contributed by atoms with van der Waals surface area (Å²) < 4.78 is 9.77. The molecule has 0 saturated carbocycles. The summed E-state index contributed by atoms with van der Waals surface area (Å²) in [5, 5.41) is 13.1. The van der Waals surface area contributed by atoms with Gasteiger partial charge < -0.3 is 14.4 Å². The van der Waals surface area contributed by atoms with Gasteiger partial charge in [0.15, 0.2) is 12.4 Å². The minimum absolute atomic E-state index is 0.117. The summed E-state index contributed by atoms with van der Waals surface area (Å²) in [6.07, 6.45) is 0. The number of ether oxygens (including phenoxy) is 1. The number of hydrogen-bond donors (Lipinski definition) is 1. The molecule has 0 spiro atoms. The minimum atomic E-state index is -0.632. The van der Waals surface area contributed by atoms with Crippen LogP contribution in [0.15, 0.2) is 22.7 Å². The van der Waals surface area contributed by atoms with Gasteiger partial charge in [0.1, 0.15) is 11.3 Å². The number of phenolic OH excluding ortho intramolecular Hbond substituents is 1. The second kappa shape index (κ2) is 4.87. The fourth-order valence-corrected chi connectivity index (χ4v) is 1.42. The van der Waals surface area contributed by atoms with Gasteiger partial charge in [0, 0.05) is 0 Å². The first kappa shape index (κ1) is 12.1. The Morgan fingerprint density at radius 2 is 2.22 bits per heavy atom. The molecule has 0 bridgehead atoms. The molecule has 0 aliphatic heterocycles. The molecule has 0 radical (unpaired) electrons. The summed E-state index contributed by atoms with van der Waals surface area (Å²) in [4.78, 5) is 15.6. The van der Waals surface area contributed by atoms with E-state index in [1.807, 2.05) is 6.92 Å². The fraction of sp³-hybridized carbons (Fsp3) is 0.250. The van der Waals surface area contributed by atoms with Crippen LogP contribution in [0, 0.1) is 13.8 Å². The highest BCUT2D eigenvalue weighted by Crippen LogP contribution is 2.19. The number of aryl methyl sites for hydroxylation is 2. The van der Waals surface area contributed by atoms with Crippen molar-refractivity contribution in [3.8, 4) is 5.75 Å². The van der Waals surface area contributed by atoms with Crippen LogP contribution in [-0.2, 0) is 11.3 Å². The van der Waals surface area contributed by atoms with Gasteiger partial charge in [-0.05, 0) is 26.0 Å². The van der Waals surface area contributed by atoms with E-state index in [1.54, 1.807) is 19.1 Å². The number of rotatable bonds is 3. The lowest BCUT2D eigenvalue weighted by Crippen LogP contribution is -2.06. The average Bonchev–Trinajstić information content (AvgIpc) is 2.75. The van der Waals surface area contributed by atoms with Gasteiger partial charge in [0.05, 0.1) is 0 Å². The maximum absolute atomic E-state index is 11.7. The Kier molecular flexibility index (Phi) is 3.27. The van der Waals surface area contributed by atoms with Gasteiger partial charge in [-0.3, -0.25) is 0 Å². The Balaban J connectivity index is 2.05. The molecule has 1 N–H and O–H groups in total. The highest BCUT2D eigenvalue weighted by molar-refractivity contribution is 5.92. The number of phenols is 1. The summed E-state index contributed by atoms with van der Waals surface area (Å²) in [5.41, 5.74) is 0.972. The molecule has 0 atom stereocenters. The molecule has 2 aromatic rings. The predicted octanol–water partition coefficient (Wildman–Crippen LogP) is 1.75. The molecule has 0 unspecified atom stereocenters. The third kappa shape index (κ3) is 2.65. The Morgan fingerprint density at radius 1 is 1.44 bits per heavy atom. The van der Waals surface area contributed by atoms with E-state index in [9.17, 15) is 9.90 Å². The highest BCUT2D eigenvalue weighted by atomic mass is 16.6. The topological polar surface area (TPSA) is 85.5 Å². The molecule has 6 heteroatoms. The zero-order chi connectivity index (χ0) is 13.1. The Bertz CT molecular complexity index is 577. The standard InChI is InChI=1S/C12H12N2O4/c1-7-3-4-10(15)9(5-7)12(16)17-6-11-13-8(2)14-18-11/h3-5,15H,6H2,1-2H3. The van der Waals surface area contributed by atoms with E-state index >= 15 is 0 Å². The zero-order valence-electron chi connectivity index (χ0n) is 10.0. The first-order valence-corrected chi connectivity index (χ1v) is 5.32. The van der Waals surface area contributed by atoms with E-state index in [4.69, 9.17) is 9.26 Å². The van der Waals surface area contributed by atoms with Gasteiger partial charge in [-0.15, -0.1) is 0 Å². The zero-order valence-corrected chi connectivity index (χ0v) is 10.0. The Labute approximate surface area is 103 Å². The summed E-state index contributed by atoms with van der Waals surface area (Å²) in [6.45, 7) is 3.37. The largest absolute Gasteiger partial charge is 0.507 e. The molecule has 0 fully saturated rings. The van der Waals surface area contributed by atoms with Gasteiger partial charge in [0.25, 0.3) is 5.89 Å². The summed E-state index contributed by atoms with van der Waals surface area (Å²) in [5.74, 6) is -0.0631. The molecule has 6 nitrogen and oxygen atoms in total. The number of carbonyl (C=O) groups excluding carboxylic acids is 1. The van der Waals surface area contributed by atoms with E-state index in [0.717, 1.165) is 5.56 Å². The maximum Gasteiger partial charge on any atom is 0.342 e. The van der Waals surface area contributed by atoms with E-state index in [1.165, 1.54) is 6.07 Å². The number of carbonyl (C=O) groups is 1. The number of esters is 1. The van der Waals surface area contributed by atoms with Gasteiger partial charge in [-0.1, -0.05) is 16.8 Å². The van der Waals surface area contributed by atoms with Crippen LogP contribution in [0.1, 0.15) is 27.6 Å². The quantitative estimate of drug-likeness (QED) is 0.833. The van der Waals surface area contributed by atoms with Gasteiger partial charge >= 0.3 is 5.97 Å². The van der Waals surface area contributed by atoms with Gasteiger partial charge in [-0.2, -0.15) is 4.98 Å². The molecule has 0 saturated heterocycles. The molecule has 0 aliphatic carbocycles. The predicted molar refractivity (Wildman–Crippen MR) is 61.0 cm³/mol. The number of aromatic nitrogens is 2. The molecule has 1 heterocycles. The number of benzene rings is 1. The van der Waals surface area contributed by atoms with Gasteiger partial charge in [0.2, 0.25) is 0 Å². The van der Waals surface area contributed by atoms with E-state index in [0.29, 0.717) is 5.82 Å². The van der Waals surface area contributed by atoms with Crippen molar-refractivity contribution >= 4 is 5.97 Å². The lowest BCUT2D eigenvalue weighted by Gasteiger charge is -2.05. The Morgan fingerprint density at radius 3 is 2.89 bits per heavy atom. The van der Waals surface area contributed by atoms with Crippen LogP contribution in [0.5, 0.6) is 5.75 Å². The van der Waals surface area contributed by atoms with E-state index in [-0.39, 0.29) is 23.8 Å².